The second kappa shape index (κ2) is 6.07. The van der Waals surface area contributed by atoms with Gasteiger partial charge in [-0.3, -0.25) is 4.68 Å². The Morgan fingerprint density at radius 3 is 2.65 bits per heavy atom. The lowest BCUT2D eigenvalue weighted by Crippen LogP contribution is -2.51. The lowest BCUT2D eigenvalue weighted by Gasteiger charge is -2.42. The van der Waals surface area contributed by atoms with E-state index < -0.39 is 0 Å². The van der Waals surface area contributed by atoms with Gasteiger partial charge < -0.3 is 5.73 Å². The number of hydrogen-bond donors (Lipinski definition) is 1. The third-order valence-electron chi connectivity index (χ3n) is 5.03. The smallest absolute Gasteiger partial charge is 0.0850 e. The van der Waals surface area contributed by atoms with Gasteiger partial charge in [-0.05, 0) is 44.4 Å². The second-order valence-electron chi connectivity index (χ2n) is 6.57. The van der Waals surface area contributed by atoms with Crippen molar-refractivity contribution in [2.24, 2.45) is 17.6 Å². The largest absolute Gasteiger partial charge is 0.325 e. The Kier molecular flexibility index (Phi) is 4.80. The van der Waals surface area contributed by atoms with E-state index in [0.717, 1.165) is 48.1 Å². The molecule has 0 amide bonds. The summed E-state index contributed by atoms with van der Waals surface area (Å²) in [4.78, 5) is 0. The predicted molar refractivity (Wildman–Crippen MR) is 85.1 cm³/mol. The highest BCUT2D eigenvalue weighted by Crippen LogP contribution is 2.38. The van der Waals surface area contributed by atoms with Gasteiger partial charge in [-0.2, -0.15) is 5.10 Å². The topological polar surface area (TPSA) is 43.8 Å². The SMILES string of the molecule is CCc1nn(CC)c(CC2(N)CCC(C)CC2C)c1Cl. The lowest BCUT2D eigenvalue weighted by atomic mass is 9.68. The minimum Gasteiger partial charge on any atom is -0.325 e. The molecule has 1 aromatic heterocycles. The minimum absolute atomic E-state index is 0.131. The fourth-order valence-corrected chi connectivity index (χ4v) is 3.81. The van der Waals surface area contributed by atoms with Crippen molar-refractivity contribution in [3.8, 4) is 0 Å². The first kappa shape index (κ1) is 15.8. The summed E-state index contributed by atoms with van der Waals surface area (Å²) in [5.41, 5.74) is 8.75. The molecule has 3 nitrogen and oxygen atoms in total. The first-order valence-electron chi connectivity index (χ1n) is 7.94. The summed E-state index contributed by atoms with van der Waals surface area (Å²) in [6.07, 6.45) is 5.25. The van der Waals surface area contributed by atoms with Crippen molar-refractivity contribution in [3.63, 3.8) is 0 Å². The summed E-state index contributed by atoms with van der Waals surface area (Å²) in [5.74, 6) is 1.33. The average Bonchev–Trinajstić information content (AvgIpc) is 2.71. The van der Waals surface area contributed by atoms with Crippen LogP contribution in [0.25, 0.3) is 0 Å². The third kappa shape index (κ3) is 2.89. The maximum Gasteiger partial charge on any atom is 0.0850 e. The molecule has 4 heteroatoms. The van der Waals surface area contributed by atoms with Gasteiger partial charge in [-0.1, -0.05) is 32.4 Å². The molecule has 1 aliphatic carbocycles. The normalized spacial score (nSPS) is 30.7. The van der Waals surface area contributed by atoms with E-state index in [1.54, 1.807) is 0 Å². The van der Waals surface area contributed by atoms with E-state index in [0.29, 0.717) is 5.92 Å². The molecule has 114 valence electrons. The molecule has 0 aromatic carbocycles. The Balaban J connectivity index is 2.27. The maximum absolute atomic E-state index is 6.74. The van der Waals surface area contributed by atoms with Crippen LogP contribution in [0, 0.1) is 11.8 Å². The van der Waals surface area contributed by atoms with Crippen LogP contribution in [-0.4, -0.2) is 15.3 Å². The monoisotopic (exact) mass is 297 g/mol. The Labute approximate surface area is 127 Å². The Bertz CT molecular complexity index is 469. The van der Waals surface area contributed by atoms with Gasteiger partial charge in [-0.15, -0.1) is 0 Å². The number of rotatable bonds is 4. The second-order valence-corrected chi connectivity index (χ2v) is 6.95. The van der Waals surface area contributed by atoms with Gasteiger partial charge in [0, 0.05) is 18.5 Å². The first-order chi connectivity index (χ1) is 9.41. The third-order valence-corrected chi connectivity index (χ3v) is 5.47. The zero-order valence-electron chi connectivity index (χ0n) is 13.2. The van der Waals surface area contributed by atoms with Crippen molar-refractivity contribution in [3.05, 3.63) is 16.4 Å². The van der Waals surface area contributed by atoms with Gasteiger partial charge in [0.15, 0.2) is 0 Å². The van der Waals surface area contributed by atoms with Crippen molar-refractivity contribution in [2.75, 3.05) is 0 Å². The van der Waals surface area contributed by atoms with Crippen LogP contribution in [0.15, 0.2) is 0 Å². The standard InChI is InChI=1S/C16H28ClN3/c1-5-13-15(17)14(20(6-2)19-13)10-16(18)8-7-11(3)9-12(16)4/h11-12H,5-10,18H2,1-4H3. The quantitative estimate of drug-likeness (QED) is 0.918. The maximum atomic E-state index is 6.74. The lowest BCUT2D eigenvalue weighted by molar-refractivity contribution is 0.161. The highest BCUT2D eigenvalue weighted by Gasteiger charge is 2.38. The van der Waals surface area contributed by atoms with Crippen molar-refractivity contribution >= 4 is 11.6 Å². The van der Waals surface area contributed by atoms with Crippen LogP contribution in [0.1, 0.15) is 58.3 Å². The van der Waals surface area contributed by atoms with E-state index in [-0.39, 0.29) is 5.54 Å². The molecule has 20 heavy (non-hydrogen) atoms. The van der Waals surface area contributed by atoms with Gasteiger partial charge >= 0.3 is 0 Å². The fraction of sp³-hybridized carbons (Fsp3) is 0.812. The van der Waals surface area contributed by atoms with Crippen LogP contribution < -0.4 is 5.73 Å². The van der Waals surface area contributed by atoms with Crippen LogP contribution in [0.2, 0.25) is 5.02 Å². The Hall–Kier alpha value is -0.540. The minimum atomic E-state index is -0.131. The summed E-state index contributed by atoms with van der Waals surface area (Å²) in [7, 11) is 0. The molecule has 2 N–H and O–H groups in total. The molecule has 3 unspecified atom stereocenters. The molecule has 1 saturated carbocycles. The number of nitrogens with zero attached hydrogens (tertiary/aromatic N) is 2. The zero-order valence-corrected chi connectivity index (χ0v) is 14.0. The van der Waals surface area contributed by atoms with E-state index in [4.69, 9.17) is 17.3 Å². The van der Waals surface area contributed by atoms with Gasteiger partial charge in [0.25, 0.3) is 0 Å². The summed E-state index contributed by atoms with van der Waals surface area (Å²) in [6, 6.07) is 0. The molecular weight excluding hydrogens is 270 g/mol. The average molecular weight is 298 g/mol. The van der Waals surface area contributed by atoms with E-state index in [1.807, 2.05) is 4.68 Å². The van der Waals surface area contributed by atoms with E-state index in [2.05, 4.69) is 32.8 Å². The summed E-state index contributed by atoms with van der Waals surface area (Å²) >= 11 is 6.53. The van der Waals surface area contributed by atoms with Crippen LogP contribution in [0.4, 0.5) is 0 Å². The molecule has 1 aromatic rings. The molecule has 2 rings (SSSR count). The van der Waals surface area contributed by atoms with Crippen LogP contribution in [-0.2, 0) is 19.4 Å². The molecule has 0 saturated heterocycles. The molecule has 1 aliphatic rings. The van der Waals surface area contributed by atoms with Crippen molar-refractivity contribution in [1.82, 2.24) is 9.78 Å². The molecule has 0 bridgehead atoms. The molecule has 0 radical (unpaired) electrons. The van der Waals surface area contributed by atoms with Gasteiger partial charge in [0.05, 0.1) is 16.4 Å². The number of halogens is 1. The predicted octanol–water partition coefficient (Wildman–Crippen LogP) is 3.81. The summed E-state index contributed by atoms with van der Waals surface area (Å²) in [6.45, 7) is 9.68. The number of nitrogens with two attached hydrogens (primary N) is 1. The van der Waals surface area contributed by atoms with E-state index in [1.165, 1.54) is 12.8 Å². The van der Waals surface area contributed by atoms with Crippen LogP contribution in [0.5, 0.6) is 0 Å². The van der Waals surface area contributed by atoms with Crippen LogP contribution >= 0.6 is 11.6 Å². The molecule has 0 aliphatic heterocycles. The molecule has 1 fully saturated rings. The van der Waals surface area contributed by atoms with Crippen molar-refractivity contribution < 1.29 is 0 Å². The van der Waals surface area contributed by atoms with Crippen molar-refractivity contribution in [2.45, 2.75) is 71.9 Å². The van der Waals surface area contributed by atoms with Crippen LogP contribution in [0.3, 0.4) is 0 Å². The van der Waals surface area contributed by atoms with Gasteiger partial charge in [0.2, 0.25) is 0 Å². The van der Waals surface area contributed by atoms with Crippen molar-refractivity contribution in [1.29, 1.82) is 0 Å². The molecule has 1 heterocycles. The molecular formula is C16H28ClN3. The Morgan fingerprint density at radius 1 is 1.40 bits per heavy atom. The summed E-state index contributed by atoms with van der Waals surface area (Å²) < 4.78 is 2.04. The van der Waals surface area contributed by atoms with Gasteiger partial charge in [-0.25, -0.2) is 0 Å². The Morgan fingerprint density at radius 2 is 2.10 bits per heavy atom. The zero-order chi connectivity index (χ0) is 14.9. The first-order valence-corrected chi connectivity index (χ1v) is 8.32. The van der Waals surface area contributed by atoms with E-state index >= 15 is 0 Å². The molecule has 3 atom stereocenters. The molecule has 0 spiro atoms. The van der Waals surface area contributed by atoms with Gasteiger partial charge in [0.1, 0.15) is 0 Å². The number of hydrogen-bond acceptors (Lipinski definition) is 2. The summed E-state index contributed by atoms with van der Waals surface area (Å²) in [5, 5.41) is 5.45. The van der Waals surface area contributed by atoms with E-state index in [9.17, 15) is 0 Å². The highest BCUT2D eigenvalue weighted by molar-refractivity contribution is 6.31. The number of aryl methyl sites for hydroxylation is 2. The fourth-order valence-electron chi connectivity index (χ4n) is 3.48. The number of aromatic nitrogens is 2. The highest BCUT2D eigenvalue weighted by atomic mass is 35.5.